The van der Waals surface area contributed by atoms with Gasteiger partial charge in [-0.25, -0.2) is 0 Å². The molecule has 0 radical (unpaired) electrons. The largest absolute Gasteiger partial charge is 0.352 e. The summed E-state index contributed by atoms with van der Waals surface area (Å²) in [6, 6.07) is 15.8. The van der Waals surface area contributed by atoms with E-state index in [4.69, 9.17) is 11.6 Å². The van der Waals surface area contributed by atoms with Crippen LogP contribution >= 0.6 is 11.6 Å². The molecule has 6 nitrogen and oxygen atoms in total. The molecule has 0 aliphatic carbocycles. The van der Waals surface area contributed by atoms with Crippen molar-refractivity contribution in [1.29, 1.82) is 0 Å². The van der Waals surface area contributed by atoms with Gasteiger partial charge in [-0.1, -0.05) is 53.6 Å². The van der Waals surface area contributed by atoms with E-state index >= 15 is 0 Å². The number of carbonyl (C=O) groups excluding carboxylic acids is 2. The van der Waals surface area contributed by atoms with Crippen molar-refractivity contribution >= 4 is 23.4 Å². The fraction of sp³-hybridized carbons (Fsp3) is 0.320. The molecule has 4 rings (SSSR count). The summed E-state index contributed by atoms with van der Waals surface area (Å²) in [4.78, 5) is 24.6. The van der Waals surface area contributed by atoms with Gasteiger partial charge in [-0.3, -0.25) is 14.7 Å². The van der Waals surface area contributed by atoms with Crippen LogP contribution in [0.2, 0.25) is 5.02 Å². The summed E-state index contributed by atoms with van der Waals surface area (Å²) in [5.41, 5.74) is 4.74. The van der Waals surface area contributed by atoms with Crippen LogP contribution in [-0.4, -0.2) is 27.6 Å². The Labute approximate surface area is 192 Å². The first-order valence-corrected chi connectivity index (χ1v) is 11.2. The summed E-state index contributed by atoms with van der Waals surface area (Å²) in [7, 11) is 0. The third-order valence-electron chi connectivity index (χ3n) is 6.06. The lowest BCUT2D eigenvalue weighted by molar-refractivity contribution is -0.122. The zero-order valence-corrected chi connectivity index (χ0v) is 18.8. The molecule has 2 aromatic carbocycles. The average molecular weight is 451 g/mol. The van der Waals surface area contributed by atoms with Crippen molar-refractivity contribution in [3.8, 4) is 11.3 Å². The van der Waals surface area contributed by atoms with Crippen molar-refractivity contribution in [3.63, 3.8) is 0 Å². The number of H-pyrrole nitrogens is 1. The number of nitrogens with one attached hydrogen (secondary N) is 3. The van der Waals surface area contributed by atoms with Gasteiger partial charge in [-0.05, 0) is 49.4 Å². The maximum absolute atomic E-state index is 12.6. The van der Waals surface area contributed by atoms with Gasteiger partial charge in [0.25, 0.3) is 0 Å². The zero-order valence-electron chi connectivity index (χ0n) is 18.1. The van der Waals surface area contributed by atoms with Crippen LogP contribution < -0.4 is 10.6 Å². The summed E-state index contributed by atoms with van der Waals surface area (Å²) in [5.74, 6) is 0.0150. The Bertz CT molecular complexity index is 1090. The number of hydrogen-bond acceptors (Lipinski definition) is 3. The van der Waals surface area contributed by atoms with Crippen molar-refractivity contribution in [2.45, 2.75) is 51.1 Å². The standard InChI is InChI=1S/C25H27ClN4O2/c1-17-2-4-18(5-3-17)14-25(13-11-23(32)29-25)12-10-22(31)27-15-20-16-28-30-24(20)19-6-8-21(26)9-7-19/h2-9,16H,10-15H2,1H3,(H,27,31)(H,28,30)(H,29,32). The summed E-state index contributed by atoms with van der Waals surface area (Å²) in [6.07, 6.45) is 4.66. The second-order valence-electron chi connectivity index (χ2n) is 8.54. The van der Waals surface area contributed by atoms with Gasteiger partial charge in [0.15, 0.2) is 0 Å². The number of aromatic amines is 1. The van der Waals surface area contributed by atoms with E-state index in [9.17, 15) is 9.59 Å². The van der Waals surface area contributed by atoms with Crippen LogP contribution in [0.25, 0.3) is 11.3 Å². The number of amides is 2. The third kappa shape index (κ3) is 5.37. The molecular formula is C25H27ClN4O2. The molecule has 3 N–H and O–H groups in total. The van der Waals surface area contributed by atoms with E-state index < -0.39 is 0 Å². The number of aryl methyl sites for hydroxylation is 1. The number of nitrogens with zero attached hydrogens (tertiary/aromatic N) is 1. The van der Waals surface area contributed by atoms with E-state index in [0.29, 0.717) is 30.8 Å². The summed E-state index contributed by atoms with van der Waals surface area (Å²) in [5, 5.41) is 13.9. The number of halogens is 1. The topological polar surface area (TPSA) is 86.9 Å². The van der Waals surface area contributed by atoms with Crippen LogP contribution in [0.1, 0.15) is 42.4 Å². The Morgan fingerprint density at radius 1 is 1.16 bits per heavy atom. The fourth-order valence-electron chi connectivity index (χ4n) is 4.23. The Balaban J connectivity index is 1.35. The Morgan fingerprint density at radius 3 is 2.59 bits per heavy atom. The highest BCUT2D eigenvalue weighted by molar-refractivity contribution is 6.30. The molecule has 3 aromatic rings. The van der Waals surface area contributed by atoms with E-state index in [1.807, 2.05) is 24.3 Å². The van der Waals surface area contributed by atoms with Crippen LogP contribution in [0.4, 0.5) is 0 Å². The van der Waals surface area contributed by atoms with Crippen molar-refractivity contribution in [2.75, 3.05) is 0 Å². The maximum atomic E-state index is 12.6. The third-order valence-corrected chi connectivity index (χ3v) is 6.31. The molecule has 1 atom stereocenters. The summed E-state index contributed by atoms with van der Waals surface area (Å²) >= 11 is 5.97. The molecule has 0 spiro atoms. The van der Waals surface area contributed by atoms with E-state index in [-0.39, 0.29) is 17.4 Å². The smallest absolute Gasteiger partial charge is 0.220 e. The number of carbonyl (C=O) groups is 2. The fourth-order valence-corrected chi connectivity index (χ4v) is 4.35. The molecule has 7 heteroatoms. The lowest BCUT2D eigenvalue weighted by Gasteiger charge is -2.29. The molecule has 1 unspecified atom stereocenters. The lowest BCUT2D eigenvalue weighted by Crippen LogP contribution is -2.44. The van der Waals surface area contributed by atoms with Gasteiger partial charge in [0.2, 0.25) is 11.8 Å². The highest BCUT2D eigenvalue weighted by Crippen LogP contribution is 2.30. The average Bonchev–Trinajstić information content (AvgIpc) is 3.40. The minimum absolute atomic E-state index is 0.0438. The van der Waals surface area contributed by atoms with E-state index in [1.54, 1.807) is 6.20 Å². The van der Waals surface area contributed by atoms with E-state index in [0.717, 1.165) is 29.7 Å². The predicted octanol–water partition coefficient (Wildman–Crippen LogP) is 4.33. The molecule has 1 aliphatic rings. The van der Waals surface area contributed by atoms with Crippen LogP contribution in [-0.2, 0) is 22.6 Å². The highest BCUT2D eigenvalue weighted by Gasteiger charge is 2.37. The molecule has 1 saturated heterocycles. The molecule has 0 saturated carbocycles. The Morgan fingerprint density at radius 2 is 1.91 bits per heavy atom. The van der Waals surface area contributed by atoms with Gasteiger partial charge in [-0.15, -0.1) is 0 Å². The van der Waals surface area contributed by atoms with Crippen LogP contribution in [0.15, 0.2) is 54.7 Å². The SMILES string of the molecule is Cc1ccc(CC2(CCC(=O)NCc3cn[nH]c3-c3ccc(Cl)cc3)CCC(=O)N2)cc1. The molecule has 32 heavy (non-hydrogen) atoms. The monoisotopic (exact) mass is 450 g/mol. The molecule has 1 aromatic heterocycles. The first-order valence-electron chi connectivity index (χ1n) is 10.8. The Hall–Kier alpha value is -3.12. The zero-order chi connectivity index (χ0) is 22.6. The molecule has 2 amide bonds. The lowest BCUT2D eigenvalue weighted by atomic mass is 9.84. The molecule has 0 bridgehead atoms. The van der Waals surface area contributed by atoms with E-state index in [1.165, 1.54) is 11.1 Å². The van der Waals surface area contributed by atoms with Gasteiger partial charge in [0.1, 0.15) is 0 Å². The second kappa shape index (κ2) is 9.57. The van der Waals surface area contributed by atoms with Crippen molar-refractivity contribution in [1.82, 2.24) is 20.8 Å². The van der Waals surface area contributed by atoms with Gasteiger partial charge in [0.05, 0.1) is 11.9 Å². The minimum Gasteiger partial charge on any atom is -0.352 e. The molecule has 1 aliphatic heterocycles. The van der Waals surface area contributed by atoms with Crippen LogP contribution in [0.5, 0.6) is 0 Å². The maximum Gasteiger partial charge on any atom is 0.220 e. The first-order chi connectivity index (χ1) is 15.4. The van der Waals surface area contributed by atoms with Crippen LogP contribution in [0.3, 0.4) is 0 Å². The Kier molecular flexibility index (Phi) is 6.61. The van der Waals surface area contributed by atoms with Crippen molar-refractivity contribution in [3.05, 3.63) is 76.4 Å². The van der Waals surface area contributed by atoms with Gasteiger partial charge in [0, 0.05) is 35.5 Å². The molecular weight excluding hydrogens is 424 g/mol. The predicted molar refractivity (Wildman–Crippen MR) is 125 cm³/mol. The van der Waals surface area contributed by atoms with Crippen LogP contribution in [0, 0.1) is 6.92 Å². The normalized spacial score (nSPS) is 17.9. The molecule has 2 heterocycles. The summed E-state index contributed by atoms with van der Waals surface area (Å²) in [6.45, 7) is 2.43. The number of hydrogen-bond donors (Lipinski definition) is 3. The molecule has 1 fully saturated rings. The highest BCUT2D eigenvalue weighted by atomic mass is 35.5. The van der Waals surface area contributed by atoms with Gasteiger partial charge in [-0.2, -0.15) is 5.10 Å². The van der Waals surface area contributed by atoms with Gasteiger partial charge >= 0.3 is 0 Å². The number of aromatic nitrogens is 2. The van der Waals surface area contributed by atoms with Crippen molar-refractivity contribution in [2.24, 2.45) is 0 Å². The quantitative estimate of drug-likeness (QED) is 0.477. The second-order valence-corrected chi connectivity index (χ2v) is 8.98. The minimum atomic E-state index is -0.367. The van der Waals surface area contributed by atoms with Gasteiger partial charge < -0.3 is 10.6 Å². The number of rotatable bonds is 8. The van der Waals surface area contributed by atoms with E-state index in [2.05, 4.69) is 52.0 Å². The first kappa shape index (κ1) is 22.1. The molecule has 166 valence electrons. The van der Waals surface area contributed by atoms with Crippen molar-refractivity contribution < 1.29 is 9.59 Å². The number of benzene rings is 2. The summed E-state index contributed by atoms with van der Waals surface area (Å²) < 4.78 is 0.